The fraction of sp³-hybridized carbons (Fsp3) is 0.238. The molecular weight excluding hydrogens is 364 g/mol. The van der Waals surface area contributed by atoms with E-state index in [0.717, 1.165) is 0 Å². The van der Waals surface area contributed by atoms with Gasteiger partial charge in [-0.2, -0.15) is 0 Å². The Bertz CT molecular complexity index is 963. The molecular formula is C21H20O7. The van der Waals surface area contributed by atoms with Crippen molar-refractivity contribution in [2.75, 3.05) is 21.3 Å². The van der Waals surface area contributed by atoms with Crippen molar-refractivity contribution in [3.05, 3.63) is 46.7 Å². The van der Waals surface area contributed by atoms with E-state index in [0.29, 0.717) is 45.4 Å². The Balaban J connectivity index is 2.01. The van der Waals surface area contributed by atoms with Crippen LogP contribution in [-0.2, 0) is 4.79 Å². The summed E-state index contributed by atoms with van der Waals surface area (Å²) in [6.07, 6.45) is 1.59. The first-order valence-electron chi connectivity index (χ1n) is 8.45. The highest BCUT2D eigenvalue weighted by Gasteiger charge is 2.30. The Hall–Kier alpha value is -3.48. The molecule has 2 aromatic rings. The summed E-state index contributed by atoms with van der Waals surface area (Å²) in [6.45, 7) is 3.04. The van der Waals surface area contributed by atoms with Crippen LogP contribution in [0.25, 0.3) is 6.08 Å². The smallest absolute Gasteiger partial charge is 0.308 e. The normalized spacial score (nSPS) is 13.8. The zero-order chi connectivity index (χ0) is 20.4. The van der Waals surface area contributed by atoms with Crippen molar-refractivity contribution in [2.24, 2.45) is 0 Å². The molecule has 1 heterocycles. The number of rotatable bonds is 5. The number of fused-ring (bicyclic) bond motifs is 1. The molecule has 0 amide bonds. The molecule has 0 aliphatic carbocycles. The maximum absolute atomic E-state index is 12.7. The van der Waals surface area contributed by atoms with E-state index in [4.69, 9.17) is 23.7 Å². The van der Waals surface area contributed by atoms with Crippen molar-refractivity contribution in [1.82, 2.24) is 0 Å². The maximum Gasteiger partial charge on any atom is 0.308 e. The molecule has 0 fully saturated rings. The molecule has 3 rings (SSSR count). The van der Waals surface area contributed by atoms with Crippen molar-refractivity contribution in [1.29, 1.82) is 0 Å². The molecule has 0 atom stereocenters. The van der Waals surface area contributed by atoms with E-state index >= 15 is 0 Å². The predicted molar refractivity (Wildman–Crippen MR) is 102 cm³/mol. The number of allylic oxidation sites excluding steroid dienone is 1. The Morgan fingerprint density at radius 3 is 2.18 bits per heavy atom. The van der Waals surface area contributed by atoms with Gasteiger partial charge in [0.1, 0.15) is 11.5 Å². The van der Waals surface area contributed by atoms with Gasteiger partial charge in [0, 0.05) is 12.5 Å². The van der Waals surface area contributed by atoms with E-state index < -0.39 is 5.97 Å². The number of hydrogen-bond donors (Lipinski definition) is 0. The van der Waals surface area contributed by atoms with Gasteiger partial charge in [-0.05, 0) is 42.8 Å². The van der Waals surface area contributed by atoms with Gasteiger partial charge in [0.2, 0.25) is 11.5 Å². The second-order valence-electron chi connectivity index (χ2n) is 6.06. The number of ketones is 1. The van der Waals surface area contributed by atoms with Crippen LogP contribution in [0.5, 0.6) is 28.7 Å². The molecule has 146 valence electrons. The molecule has 0 aromatic heterocycles. The first kappa shape index (κ1) is 19.3. The van der Waals surface area contributed by atoms with Crippen LogP contribution in [0.4, 0.5) is 0 Å². The summed E-state index contributed by atoms with van der Waals surface area (Å²) >= 11 is 0. The Labute approximate surface area is 162 Å². The van der Waals surface area contributed by atoms with Gasteiger partial charge in [0.05, 0.1) is 26.9 Å². The topological polar surface area (TPSA) is 80.3 Å². The lowest BCUT2D eigenvalue weighted by atomic mass is 10.1. The Morgan fingerprint density at radius 1 is 1.00 bits per heavy atom. The SMILES string of the molecule is COc1cc(C=C2Oc3c(ccc(OC(C)=O)c3C)C2=O)cc(OC)c1OC. The molecule has 0 saturated carbocycles. The monoisotopic (exact) mass is 384 g/mol. The summed E-state index contributed by atoms with van der Waals surface area (Å²) < 4.78 is 26.9. The third-order valence-corrected chi connectivity index (χ3v) is 4.28. The van der Waals surface area contributed by atoms with Crippen LogP contribution >= 0.6 is 0 Å². The quantitative estimate of drug-likeness (QED) is 0.443. The van der Waals surface area contributed by atoms with Gasteiger partial charge in [0.25, 0.3) is 0 Å². The van der Waals surface area contributed by atoms with E-state index in [9.17, 15) is 9.59 Å². The maximum atomic E-state index is 12.7. The van der Waals surface area contributed by atoms with E-state index in [2.05, 4.69) is 0 Å². The van der Waals surface area contributed by atoms with Crippen LogP contribution in [0.3, 0.4) is 0 Å². The van der Waals surface area contributed by atoms with E-state index in [-0.39, 0.29) is 11.5 Å². The Kier molecular flexibility index (Phi) is 5.26. The highest BCUT2D eigenvalue weighted by Crippen LogP contribution is 2.41. The van der Waals surface area contributed by atoms with Crippen LogP contribution in [0.1, 0.15) is 28.4 Å². The molecule has 1 aliphatic rings. The second-order valence-corrected chi connectivity index (χ2v) is 6.06. The minimum absolute atomic E-state index is 0.146. The molecule has 0 radical (unpaired) electrons. The molecule has 7 nitrogen and oxygen atoms in total. The number of methoxy groups -OCH3 is 3. The minimum Gasteiger partial charge on any atom is -0.493 e. The second kappa shape index (κ2) is 7.64. The van der Waals surface area contributed by atoms with Crippen molar-refractivity contribution in [3.8, 4) is 28.7 Å². The average molecular weight is 384 g/mol. The third-order valence-electron chi connectivity index (χ3n) is 4.28. The average Bonchev–Trinajstić information content (AvgIpc) is 2.99. The van der Waals surface area contributed by atoms with Gasteiger partial charge in [0.15, 0.2) is 17.3 Å². The zero-order valence-electron chi connectivity index (χ0n) is 16.2. The molecule has 1 aliphatic heterocycles. The number of Topliss-reactive ketones (excluding diaryl/α,β-unsaturated/α-hetero) is 1. The van der Waals surface area contributed by atoms with Crippen LogP contribution in [0.2, 0.25) is 0 Å². The zero-order valence-corrected chi connectivity index (χ0v) is 16.2. The van der Waals surface area contributed by atoms with Crippen LogP contribution in [0.15, 0.2) is 30.0 Å². The third kappa shape index (κ3) is 3.38. The first-order chi connectivity index (χ1) is 13.4. The van der Waals surface area contributed by atoms with Crippen molar-refractivity contribution >= 4 is 17.8 Å². The van der Waals surface area contributed by atoms with Crippen LogP contribution < -0.4 is 23.7 Å². The largest absolute Gasteiger partial charge is 0.493 e. The molecule has 7 heteroatoms. The first-order valence-corrected chi connectivity index (χ1v) is 8.45. The number of benzene rings is 2. The van der Waals surface area contributed by atoms with E-state index in [1.165, 1.54) is 28.3 Å². The molecule has 0 unspecified atom stereocenters. The van der Waals surface area contributed by atoms with Gasteiger partial charge in [-0.25, -0.2) is 0 Å². The predicted octanol–water partition coefficient (Wildman–Crippen LogP) is 3.56. The van der Waals surface area contributed by atoms with Crippen LogP contribution in [0, 0.1) is 6.92 Å². The summed E-state index contributed by atoms with van der Waals surface area (Å²) in [5.74, 6) is 1.55. The highest BCUT2D eigenvalue weighted by atomic mass is 16.5. The molecule has 0 N–H and O–H groups in total. The summed E-state index contributed by atoms with van der Waals surface area (Å²) in [5.41, 5.74) is 1.63. The number of ether oxygens (including phenoxy) is 5. The van der Waals surface area contributed by atoms with Gasteiger partial charge in [-0.3, -0.25) is 9.59 Å². The number of carbonyl (C=O) groups is 2. The van der Waals surface area contributed by atoms with Gasteiger partial charge in [-0.15, -0.1) is 0 Å². The van der Waals surface area contributed by atoms with Crippen molar-refractivity contribution < 1.29 is 33.3 Å². The summed E-state index contributed by atoms with van der Waals surface area (Å²) in [4.78, 5) is 24.0. The van der Waals surface area contributed by atoms with Gasteiger partial charge >= 0.3 is 5.97 Å². The number of carbonyl (C=O) groups excluding carboxylic acids is 2. The minimum atomic E-state index is -0.444. The lowest BCUT2D eigenvalue weighted by Crippen LogP contribution is -2.03. The van der Waals surface area contributed by atoms with E-state index in [1.54, 1.807) is 37.3 Å². The molecule has 0 saturated heterocycles. The highest BCUT2D eigenvalue weighted by molar-refractivity contribution is 6.15. The Morgan fingerprint density at radius 2 is 1.64 bits per heavy atom. The van der Waals surface area contributed by atoms with Crippen molar-refractivity contribution in [3.63, 3.8) is 0 Å². The summed E-state index contributed by atoms with van der Waals surface area (Å²) in [6, 6.07) is 6.59. The van der Waals surface area contributed by atoms with E-state index in [1.807, 2.05) is 0 Å². The van der Waals surface area contributed by atoms with Gasteiger partial charge < -0.3 is 23.7 Å². The fourth-order valence-electron chi connectivity index (χ4n) is 2.97. The molecule has 28 heavy (non-hydrogen) atoms. The standard InChI is InChI=1S/C21H20O7/c1-11-15(27-12(2)22)7-6-14-19(23)16(28-20(11)14)8-13-9-17(24-3)21(26-5)18(10-13)25-4/h6-10H,1-5H3. The molecule has 2 aromatic carbocycles. The fourth-order valence-corrected chi connectivity index (χ4v) is 2.97. The lowest BCUT2D eigenvalue weighted by Gasteiger charge is -2.13. The van der Waals surface area contributed by atoms with Gasteiger partial charge in [-0.1, -0.05) is 0 Å². The number of hydrogen-bond acceptors (Lipinski definition) is 7. The number of esters is 1. The summed E-state index contributed by atoms with van der Waals surface area (Å²) in [7, 11) is 4.55. The molecule has 0 bridgehead atoms. The van der Waals surface area contributed by atoms with Crippen molar-refractivity contribution in [2.45, 2.75) is 13.8 Å². The summed E-state index contributed by atoms with van der Waals surface area (Å²) in [5, 5.41) is 0. The van der Waals surface area contributed by atoms with Crippen LogP contribution in [-0.4, -0.2) is 33.1 Å². The lowest BCUT2D eigenvalue weighted by molar-refractivity contribution is -0.131. The molecule has 0 spiro atoms.